The van der Waals surface area contributed by atoms with E-state index in [1.165, 1.54) is 0 Å². The fourth-order valence-electron chi connectivity index (χ4n) is 2.37. The summed E-state index contributed by atoms with van der Waals surface area (Å²) >= 11 is 6.16. The van der Waals surface area contributed by atoms with Crippen molar-refractivity contribution in [2.75, 3.05) is 29.5 Å². The number of nitrogens with zero attached hydrogens (tertiary/aromatic N) is 1. The lowest BCUT2D eigenvalue weighted by atomic mass is 10.2. The number of nitrogens with two attached hydrogens (primary N) is 1. The quantitative estimate of drug-likeness (QED) is 0.678. The van der Waals surface area contributed by atoms with Crippen LogP contribution >= 0.6 is 11.6 Å². The zero-order chi connectivity index (χ0) is 17.5. The molecule has 0 saturated heterocycles. The number of carbonyl (C=O) groups excluding carboxylic acids is 1. The van der Waals surface area contributed by atoms with Crippen LogP contribution in [-0.4, -0.2) is 24.0 Å². The number of hydrogen-bond donors (Lipinski definition) is 3. The van der Waals surface area contributed by atoms with Gasteiger partial charge in [-0.3, -0.25) is 0 Å². The molecule has 2 aromatic rings. The van der Waals surface area contributed by atoms with Gasteiger partial charge in [0.05, 0.1) is 17.1 Å². The van der Waals surface area contributed by atoms with E-state index in [2.05, 4.69) is 10.6 Å². The van der Waals surface area contributed by atoms with E-state index in [0.29, 0.717) is 36.0 Å². The molecular weight excluding hydrogens is 324 g/mol. The molecule has 0 aliphatic carbocycles. The van der Waals surface area contributed by atoms with Crippen LogP contribution in [0.3, 0.4) is 0 Å². The highest BCUT2D eigenvalue weighted by Crippen LogP contribution is 2.28. The van der Waals surface area contributed by atoms with Crippen molar-refractivity contribution in [3.63, 3.8) is 0 Å². The first-order valence-corrected chi connectivity index (χ1v) is 8.36. The first kappa shape index (κ1) is 17.9. The van der Waals surface area contributed by atoms with Crippen LogP contribution in [0.15, 0.2) is 42.5 Å². The zero-order valence-electron chi connectivity index (χ0n) is 14.0. The van der Waals surface area contributed by atoms with E-state index in [9.17, 15) is 4.79 Å². The Kier molecular flexibility index (Phi) is 6.32. The largest absolute Gasteiger partial charge is 0.395 e. The van der Waals surface area contributed by atoms with Gasteiger partial charge in [0.15, 0.2) is 0 Å². The van der Waals surface area contributed by atoms with Gasteiger partial charge in [0, 0.05) is 24.7 Å². The number of nitrogens with one attached hydrogen (secondary N) is 2. The van der Waals surface area contributed by atoms with Gasteiger partial charge < -0.3 is 21.3 Å². The van der Waals surface area contributed by atoms with Gasteiger partial charge in [0.2, 0.25) is 0 Å². The second-order valence-corrected chi connectivity index (χ2v) is 5.72. The first-order chi connectivity index (χ1) is 11.6. The van der Waals surface area contributed by atoms with E-state index < -0.39 is 0 Å². The second-order valence-electron chi connectivity index (χ2n) is 5.31. The molecule has 128 valence electrons. The maximum atomic E-state index is 12.2. The highest BCUT2D eigenvalue weighted by atomic mass is 35.5. The van der Waals surface area contributed by atoms with Gasteiger partial charge in [-0.25, -0.2) is 4.79 Å². The van der Waals surface area contributed by atoms with Crippen molar-refractivity contribution in [1.82, 2.24) is 4.90 Å². The molecule has 0 saturated carbocycles. The minimum atomic E-state index is -0.157. The Morgan fingerprint density at radius 1 is 1.08 bits per heavy atom. The molecule has 2 amide bonds. The fourth-order valence-corrected chi connectivity index (χ4v) is 2.57. The monoisotopic (exact) mass is 346 g/mol. The minimum absolute atomic E-state index is 0.157. The van der Waals surface area contributed by atoms with Gasteiger partial charge in [0.25, 0.3) is 0 Å². The lowest BCUT2D eigenvalue weighted by Gasteiger charge is -2.20. The third-order valence-corrected chi connectivity index (χ3v) is 4.19. The average Bonchev–Trinajstić information content (AvgIpc) is 2.58. The van der Waals surface area contributed by atoms with Gasteiger partial charge in [-0.05, 0) is 37.6 Å². The molecule has 0 aliphatic heterocycles. The summed E-state index contributed by atoms with van der Waals surface area (Å²) in [5.74, 6) is 0. The molecule has 0 atom stereocenters. The van der Waals surface area contributed by atoms with Gasteiger partial charge in [-0.2, -0.15) is 0 Å². The van der Waals surface area contributed by atoms with Crippen molar-refractivity contribution in [3.8, 4) is 0 Å². The summed E-state index contributed by atoms with van der Waals surface area (Å²) in [6, 6.07) is 13.0. The maximum absolute atomic E-state index is 12.2. The molecule has 0 radical (unpaired) electrons. The summed E-state index contributed by atoms with van der Waals surface area (Å²) in [6.07, 6.45) is 0. The Morgan fingerprint density at radius 2 is 1.75 bits per heavy atom. The van der Waals surface area contributed by atoms with Crippen molar-refractivity contribution < 1.29 is 4.79 Å². The normalized spacial score (nSPS) is 10.3. The van der Waals surface area contributed by atoms with Crippen LogP contribution in [0.1, 0.15) is 19.4 Å². The first-order valence-electron chi connectivity index (χ1n) is 7.98. The van der Waals surface area contributed by atoms with Crippen molar-refractivity contribution in [3.05, 3.63) is 53.1 Å². The molecule has 0 bridgehead atoms. The molecule has 4 N–H and O–H groups in total. The molecule has 6 heteroatoms. The zero-order valence-corrected chi connectivity index (χ0v) is 14.7. The number of hydrogen-bond acceptors (Lipinski definition) is 3. The SMILES string of the molecule is CCN(CC)C(=O)Nc1cccc(NCc2ccccc2Cl)c1N. The molecule has 0 heterocycles. The average molecular weight is 347 g/mol. The molecule has 2 rings (SSSR count). The van der Waals surface area contributed by atoms with E-state index >= 15 is 0 Å². The summed E-state index contributed by atoms with van der Waals surface area (Å²) in [4.78, 5) is 13.9. The molecule has 0 aromatic heterocycles. The topological polar surface area (TPSA) is 70.4 Å². The summed E-state index contributed by atoms with van der Waals surface area (Å²) in [7, 11) is 0. The highest BCUT2D eigenvalue weighted by molar-refractivity contribution is 6.31. The molecule has 0 unspecified atom stereocenters. The van der Waals surface area contributed by atoms with Crippen LogP contribution in [0.4, 0.5) is 21.9 Å². The predicted molar refractivity (Wildman–Crippen MR) is 102 cm³/mol. The van der Waals surface area contributed by atoms with Crippen LogP contribution in [0.2, 0.25) is 5.02 Å². The Hall–Kier alpha value is -2.40. The number of benzene rings is 2. The Morgan fingerprint density at radius 3 is 2.42 bits per heavy atom. The van der Waals surface area contributed by atoms with E-state index in [1.54, 1.807) is 11.0 Å². The summed E-state index contributed by atoms with van der Waals surface area (Å²) in [5.41, 5.74) is 9.03. The van der Waals surface area contributed by atoms with Crippen LogP contribution in [0.5, 0.6) is 0 Å². The van der Waals surface area contributed by atoms with Crippen LogP contribution in [-0.2, 0) is 6.54 Å². The molecule has 2 aromatic carbocycles. The fraction of sp³-hybridized carbons (Fsp3) is 0.278. The molecule has 5 nitrogen and oxygen atoms in total. The highest BCUT2D eigenvalue weighted by Gasteiger charge is 2.12. The number of urea groups is 1. The number of carbonyl (C=O) groups is 1. The molecule has 0 fully saturated rings. The van der Waals surface area contributed by atoms with E-state index in [4.69, 9.17) is 17.3 Å². The van der Waals surface area contributed by atoms with Crippen molar-refractivity contribution >= 4 is 34.7 Å². The Bertz CT molecular complexity index is 701. The van der Waals surface area contributed by atoms with Crippen molar-refractivity contribution in [2.45, 2.75) is 20.4 Å². The Labute approximate surface area is 147 Å². The van der Waals surface area contributed by atoms with Gasteiger partial charge in [-0.15, -0.1) is 0 Å². The van der Waals surface area contributed by atoms with Crippen LogP contribution < -0.4 is 16.4 Å². The smallest absolute Gasteiger partial charge is 0.321 e. The molecule has 24 heavy (non-hydrogen) atoms. The number of halogens is 1. The number of nitrogen functional groups attached to an aromatic ring is 1. The summed E-state index contributed by atoms with van der Waals surface area (Å²) < 4.78 is 0. The third kappa shape index (κ3) is 4.32. The lowest BCUT2D eigenvalue weighted by Crippen LogP contribution is -2.34. The molecule has 0 aliphatic rings. The van der Waals surface area contributed by atoms with Crippen LogP contribution in [0, 0.1) is 0 Å². The Balaban J connectivity index is 2.10. The van der Waals surface area contributed by atoms with Crippen molar-refractivity contribution in [2.24, 2.45) is 0 Å². The number of anilines is 3. The number of amides is 2. The molecular formula is C18H23ClN4O. The number of rotatable bonds is 6. The van der Waals surface area contributed by atoms with Crippen LogP contribution in [0.25, 0.3) is 0 Å². The van der Waals surface area contributed by atoms with E-state index in [0.717, 1.165) is 11.3 Å². The summed E-state index contributed by atoms with van der Waals surface area (Å²) in [5, 5.41) is 6.83. The van der Waals surface area contributed by atoms with E-state index in [-0.39, 0.29) is 6.03 Å². The van der Waals surface area contributed by atoms with Gasteiger partial charge in [-0.1, -0.05) is 35.9 Å². The number of para-hydroxylation sites is 1. The third-order valence-electron chi connectivity index (χ3n) is 3.83. The summed E-state index contributed by atoms with van der Waals surface area (Å²) in [6.45, 7) is 5.72. The van der Waals surface area contributed by atoms with Gasteiger partial charge in [0.1, 0.15) is 0 Å². The van der Waals surface area contributed by atoms with E-state index in [1.807, 2.05) is 50.2 Å². The van der Waals surface area contributed by atoms with Gasteiger partial charge >= 0.3 is 6.03 Å². The lowest BCUT2D eigenvalue weighted by molar-refractivity contribution is 0.217. The van der Waals surface area contributed by atoms with Crippen molar-refractivity contribution in [1.29, 1.82) is 0 Å². The predicted octanol–water partition coefficient (Wildman–Crippen LogP) is 4.41. The second kappa shape index (κ2) is 8.45. The molecule has 0 spiro atoms. The maximum Gasteiger partial charge on any atom is 0.321 e. The standard InChI is InChI=1S/C18H23ClN4O/c1-3-23(4-2)18(24)22-16-11-7-10-15(17(16)20)21-12-13-8-5-6-9-14(13)19/h5-11,21H,3-4,12,20H2,1-2H3,(H,22,24). The minimum Gasteiger partial charge on any atom is -0.395 e.